The summed E-state index contributed by atoms with van der Waals surface area (Å²) in [5.41, 5.74) is 1.07. The van der Waals surface area contributed by atoms with Gasteiger partial charge in [0.2, 0.25) is 11.8 Å². The molecule has 1 aromatic rings. The Kier molecular flexibility index (Phi) is 5.91. The Balaban J connectivity index is 1.59. The van der Waals surface area contributed by atoms with Crippen molar-refractivity contribution in [1.29, 1.82) is 0 Å². The number of carboxylic acids is 1. The number of rotatable bonds is 5. The van der Waals surface area contributed by atoms with Gasteiger partial charge in [0.1, 0.15) is 0 Å². The molecule has 2 amide bonds. The molecule has 0 radical (unpaired) electrons. The van der Waals surface area contributed by atoms with Crippen molar-refractivity contribution in [3.05, 3.63) is 35.4 Å². The highest BCUT2D eigenvalue weighted by Crippen LogP contribution is 2.32. The van der Waals surface area contributed by atoms with Crippen molar-refractivity contribution in [1.82, 2.24) is 10.2 Å². The molecule has 2 unspecified atom stereocenters. The summed E-state index contributed by atoms with van der Waals surface area (Å²) in [5, 5.41) is 11.9. The topological polar surface area (TPSA) is 86.7 Å². The number of hydrogen-bond acceptors (Lipinski definition) is 3. The van der Waals surface area contributed by atoms with Crippen molar-refractivity contribution in [2.45, 2.75) is 45.1 Å². The van der Waals surface area contributed by atoms with E-state index in [0.717, 1.165) is 57.2 Å². The quantitative estimate of drug-likeness (QED) is 0.846. The van der Waals surface area contributed by atoms with Gasteiger partial charge in [0, 0.05) is 31.5 Å². The van der Waals surface area contributed by atoms with Gasteiger partial charge in [-0.3, -0.25) is 9.59 Å². The first-order valence-corrected chi connectivity index (χ1v) is 9.45. The molecule has 3 rings (SSSR count). The second kappa shape index (κ2) is 8.34. The molecular formula is C20H26N2O4. The van der Waals surface area contributed by atoms with Gasteiger partial charge in [-0.05, 0) is 43.4 Å². The van der Waals surface area contributed by atoms with Crippen LogP contribution in [0.25, 0.3) is 0 Å². The van der Waals surface area contributed by atoms with E-state index in [1.54, 1.807) is 12.1 Å². The number of nitrogens with zero attached hydrogens (tertiary/aromatic N) is 1. The maximum atomic E-state index is 12.8. The van der Waals surface area contributed by atoms with E-state index in [1.807, 2.05) is 4.90 Å². The summed E-state index contributed by atoms with van der Waals surface area (Å²) in [4.78, 5) is 38.3. The van der Waals surface area contributed by atoms with Gasteiger partial charge in [-0.25, -0.2) is 4.79 Å². The first-order chi connectivity index (χ1) is 12.6. The van der Waals surface area contributed by atoms with Crippen LogP contribution in [-0.4, -0.2) is 40.9 Å². The van der Waals surface area contributed by atoms with Gasteiger partial charge in [0.15, 0.2) is 0 Å². The van der Waals surface area contributed by atoms with Crippen LogP contribution in [-0.2, 0) is 16.1 Å². The van der Waals surface area contributed by atoms with Crippen LogP contribution in [0.5, 0.6) is 0 Å². The maximum absolute atomic E-state index is 12.8. The zero-order valence-corrected chi connectivity index (χ0v) is 14.9. The van der Waals surface area contributed by atoms with Crippen molar-refractivity contribution < 1.29 is 19.5 Å². The molecule has 2 atom stereocenters. The summed E-state index contributed by atoms with van der Waals surface area (Å²) in [7, 11) is 0. The number of benzene rings is 1. The highest BCUT2D eigenvalue weighted by atomic mass is 16.4. The van der Waals surface area contributed by atoms with E-state index in [-0.39, 0.29) is 29.2 Å². The lowest BCUT2D eigenvalue weighted by atomic mass is 9.78. The largest absolute Gasteiger partial charge is 0.478 e. The smallest absolute Gasteiger partial charge is 0.335 e. The first kappa shape index (κ1) is 18.4. The Morgan fingerprint density at radius 1 is 0.962 bits per heavy atom. The van der Waals surface area contributed by atoms with Crippen LogP contribution in [0.3, 0.4) is 0 Å². The summed E-state index contributed by atoms with van der Waals surface area (Å²) in [6, 6.07) is 6.48. The first-order valence-electron chi connectivity index (χ1n) is 9.45. The molecule has 6 heteroatoms. The van der Waals surface area contributed by atoms with E-state index in [4.69, 9.17) is 5.11 Å². The minimum absolute atomic E-state index is 0.0652. The molecule has 1 aliphatic heterocycles. The number of amides is 2. The van der Waals surface area contributed by atoms with Crippen LogP contribution in [0.2, 0.25) is 0 Å². The monoisotopic (exact) mass is 358 g/mol. The van der Waals surface area contributed by atoms with E-state index < -0.39 is 5.97 Å². The Bertz CT molecular complexity index is 665. The van der Waals surface area contributed by atoms with Crippen molar-refractivity contribution in [3.63, 3.8) is 0 Å². The van der Waals surface area contributed by atoms with Crippen LogP contribution in [0.15, 0.2) is 24.3 Å². The molecule has 0 bridgehead atoms. The number of carbonyl (C=O) groups excluding carboxylic acids is 2. The molecule has 1 aliphatic carbocycles. The van der Waals surface area contributed by atoms with Crippen molar-refractivity contribution in [3.8, 4) is 0 Å². The molecule has 1 heterocycles. The van der Waals surface area contributed by atoms with Crippen molar-refractivity contribution in [2.75, 3.05) is 13.1 Å². The number of aromatic carboxylic acids is 1. The molecule has 1 aromatic carbocycles. The lowest BCUT2D eigenvalue weighted by molar-refractivity contribution is -0.142. The lowest BCUT2D eigenvalue weighted by Crippen LogP contribution is -2.44. The number of carbonyl (C=O) groups is 3. The third kappa shape index (κ3) is 4.23. The van der Waals surface area contributed by atoms with Gasteiger partial charge in [0.25, 0.3) is 0 Å². The Morgan fingerprint density at radius 2 is 1.58 bits per heavy atom. The second-order valence-corrected chi connectivity index (χ2v) is 7.25. The summed E-state index contributed by atoms with van der Waals surface area (Å²) < 4.78 is 0. The van der Waals surface area contributed by atoms with Gasteiger partial charge in [0.05, 0.1) is 5.56 Å². The Morgan fingerprint density at radius 3 is 2.19 bits per heavy atom. The van der Waals surface area contributed by atoms with Crippen LogP contribution >= 0.6 is 0 Å². The number of nitrogens with one attached hydrogen (secondary N) is 1. The van der Waals surface area contributed by atoms with Crippen molar-refractivity contribution >= 4 is 17.8 Å². The van der Waals surface area contributed by atoms with E-state index in [9.17, 15) is 14.4 Å². The molecule has 6 nitrogen and oxygen atoms in total. The lowest BCUT2D eigenvalue weighted by Gasteiger charge is -2.32. The standard InChI is InChI=1S/C20H26N2O4/c23-18(21-13-14-7-9-15(10-8-14)20(25)26)16-5-1-2-6-17(16)19(24)22-11-3-4-12-22/h7-10,16-17H,1-6,11-13H2,(H,21,23)(H,25,26). The average Bonchev–Trinajstić information content (AvgIpc) is 3.20. The third-order valence-electron chi connectivity index (χ3n) is 5.51. The minimum atomic E-state index is -0.967. The molecule has 0 aromatic heterocycles. The molecule has 1 saturated heterocycles. The normalized spacial score (nSPS) is 22.8. The molecule has 26 heavy (non-hydrogen) atoms. The molecular weight excluding hydrogens is 332 g/mol. The molecule has 0 spiro atoms. The SMILES string of the molecule is O=C(O)c1ccc(CNC(=O)C2CCCCC2C(=O)N2CCCC2)cc1. The maximum Gasteiger partial charge on any atom is 0.335 e. The van der Waals surface area contributed by atoms with E-state index in [2.05, 4.69) is 5.32 Å². The average molecular weight is 358 g/mol. The van der Waals surface area contributed by atoms with Gasteiger partial charge < -0.3 is 15.3 Å². The predicted molar refractivity (Wildman–Crippen MR) is 96.5 cm³/mol. The zero-order chi connectivity index (χ0) is 18.5. The highest BCUT2D eigenvalue weighted by Gasteiger charge is 2.38. The zero-order valence-electron chi connectivity index (χ0n) is 14.9. The summed E-state index contributed by atoms with van der Waals surface area (Å²) in [6.07, 6.45) is 5.65. The number of carboxylic acid groups (broad SMARTS) is 1. The van der Waals surface area contributed by atoms with Crippen LogP contribution in [0, 0.1) is 11.8 Å². The van der Waals surface area contributed by atoms with Gasteiger partial charge in [-0.1, -0.05) is 25.0 Å². The molecule has 2 aliphatic rings. The number of hydrogen-bond donors (Lipinski definition) is 2. The van der Waals surface area contributed by atoms with E-state index in [0.29, 0.717) is 6.54 Å². The summed E-state index contributed by atoms with van der Waals surface area (Å²) in [5.74, 6) is -1.34. The van der Waals surface area contributed by atoms with Crippen LogP contribution < -0.4 is 5.32 Å². The van der Waals surface area contributed by atoms with E-state index >= 15 is 0 Å². The van der Waals surface area contributed by atoms with Crippen molar-refractivity contribution in [2.24, 2.45) is 11.8 Å². The third-order valence-corrected chi connectivity index (χ3v) is 5.51. The molecule has 140 valence electrons. The molecule has 2 N–H and O–H groups in total. The fourth-order valence-corrected chi connectivity index (χ4v) is 4.00. The van der Waals surface area contributed by atoms with Crippen LogP contribution in [0.4, 0.5) is 0 Å². The number of likely N-dealkylation sites (tertiary alicyclic amines) is 1. The van der Waals surface area contributed by atoms with Gasteiger partial charge >= 0.3 is 5.97 Å². The fourth-order valence-electron chi connectivity index (χ4n) is 4.00. The van der Waals surface area contributed by atoms with Crippen LogP contribution in [0.1, 0.15) is 54.4 Å². The fraction of sp³-hybridized carbons (Fsp3) is 0.550. The molecule has 1 saturated carbocycles. The summed E-state index contributed by atoms with van der Waals surface area (Å²) >= 11 is 0. The second-order valence-electron chi connectivity index (χ2n) is 7.25. The van der Waals surface area contributed by atoms with E-state index in [1.165, 1.54) is 12.1 Å². The predicted octanol–water partition coefficient (Wildman–Crippen LogP) is 2.43. The Hall–Kier alpha value is -2.37. The minimum Gasteiger partial charge on any atom is -0.478 e. The van der Waals surface area contributed by atoms with Gasteiger partial charge in [-0.2, -0.15) is 0 Å². The highest BCUT2D eigenvalue weighted by molar-refractivity contribution is 5.88. The Labute approximate surface area is 153 Å². The summed E-state index contributed by atoms with van der Waals surface area (Å²) in [6.45, 7) is 1.99. The molecule has 2 fully saturated rings. The van der Waals surface area contributed by atoms with Gasteiger partial charge in [-0.15, -0.1) is 0 Å².